The molecule has 2 aromatic rings. The average Bonchev–Trinajstić information content (AvgIpc) is 2.69. The number of aromatic nitrogens is 1. The van der Waals surface area contributed by atoms with Gasteiger partial charge in [0.05, 0.1) is 10.9 Å². The molecule has 0 saturated heterocycles. The zero-order valence-corrected chi connectivity index (χ0v) is 11.0. The van der Waals surface area contributed by atoms with Crippen molar-refractivity contribution in [2.24, 2.45) is 5.92 Å². The summed E-state index contributed by atoms with van der Waals surface area (Å²) in [6, 6.07) is 8.14. The van der Waals surface area contributed by atoms with Gasteiger partial charge in [0, 0.05) is 11.9 Å². The Morgan fingerprint density at radius 1 is 1.38 bits per heavy atom. The molecule has 0 saturated carbocycles. The average molecular weight is 255 g/mol. The maximum absolute atomic E-state index is 6.21. The van der Waals surface area contributed by atoms with Crippen LogP contribution in [0.25, 0.3) is 10.9 Å². The minimum Gasteiger partial charge on any atom is -0.374 e. The molecule has 0 fully saturated rings. The van der Waals surface area contributed by atoms with E-state index in [4.69, 9.17) is 11.6 Å². The van der Waals surface area contributed by atoms with Crippen LogP contribution in [0.5, 0.6) is 0 Å². The van der Waals surface area contributed by atoms with Crippen LogP contribution < -0.4 is 5.32 Å². The summed E-state index contributed by atoms with van der Waals surface area (Å²) in [7, 11) is 0. The SMILES string of the molecule is CC(C)C(Cl)CNc1snc2ccccc12. The number of halogens is 1. The standard InChI is InChI=1S/C12H15ClN2S/c1-8(2)10(13)7-14-12-9-5-3-4-6-11(9)15-16-12/h3-6,8,10,14H,7H2,1-2H3. The van der Waals surface area contributed by atoms with Gasteiger partial charge in [-0.15, -0.1) is 11.6 Å². The van der Waals surface area contributed by atoms with Crippen LogP contribution >= 0.6 is 23.1 Å². The highest BCUT2D eigenvalue weighted by Gasteiger charge is 2.11. The Morgan fingerprint density at radius 3 is 2.88 bits per heavy atom. The summed E-state index contributed by atoms with van der Waals surface area (Å²) in [5.41, 5.74) is 1.05. The molecule has 0 aliphatic carbocycles. The maximum Gasteiger partial charge on any atom is 0.117 e. The van der Waals surface area contributed by atoms with Gasteiger partial charge in [0.25, 0.3) is 0 Å². The van der Waals surface area contributed by atoms with Crippen LogP contribution in [0.4, 0.5) is 5.00 Å². The fraction of sp³-hybridized carbons (Fsp3) is 0.417. The van der Waals surface area contributed by atoms with Gasteiger partial charge in [-0.25, -0.2) is 0 Å². The third kappa shape index (κ3) is 2.47. The fourth-order valence-electron chi connectivity index (χ4n) is 1.44. The van der Waals surface area contributed by atoms with Gasteiger partial charge >= 0.3 is 0 Å². The number of hydrogen-bond acceptors (Lipinski definition) is 3. The molecule has 0 radical (unpaired) electrons. The Hall–Kier alpha value is -0.800. The van der Waals surface area contributed by atoms with E-state index in [1.165, 1.54) is 16.9 Å². The van der Waals surface area contributed by atoms with E-state index in [1.807, 2.05) is 18.2 Å². The molecule has 0 amide bonds. The van der Waals surface area contributed by atoms with Gasteiger partial charge in [-0.05, 0) is 29.6 Å². The third-order valence-corrected chi connectivity index (χ3v) is 4.06. The van der Waals surface area contributed by atoms with Crippen LogP contribution in [0.3, 0.4) is 0 Å². The lowest BCUT2D eigenvalue weighted by atomic mass is 10.1. The Morgan fingerprint density at radius 2 is 2.12 bits per heavy atom. The van der Waals surface area contributed by atoms with Crippen molar-refractivity contribution in [1.82, 2.24) is 4.37 Å². The van der Waals surface area contributed by atoms with Crippen molar-refractivity contribution in [3.05, 3.63) is 24.3 Å². The molecule has 2 nitrogen and oxygen atoms in total. The molecule has 0 aliphatic heterocycles. The minimum atomic E-state index is 0.154. The summed E-state index contributed by atoms with van der Waals surface area (Å²) >= 11 is 7.70. The van der Waals surface area contributed by atoms with E-state index in [0.29, 0.717) is 5.92 Å². The highest BCUT2D eigenvalue weighted by atomic mass is 35.5. The van der Waals surface area contributed by atoms with E-state index in [-0.39, 0.29) is 5.38 Å². The number of fused-ring (bicyclic) bond motifs is 1. The summed E-state index contributed by atoms with van der Waals surface area (Å²) in [4.78, 5) is 0. The van der Waals surface area contributed by atoms with E-state index >= 15 is 0 Å². The topological polar surface area (TPSA) is 24.9 Å². The number of nitrogens with zero attached hydrogens (tertiary/aromatic N) is 1. The molecular formula is C12H15ClN2S. The first-order valence-corrected chi connectivity index (χ1v) is 6.62. The molecule has 4 heteroatoms. The molecule has 1 unspecified atom stereocenters. The molecule has 16 heavy (non-hydrogen) atoms. The summed E-state index contributed by atoms with van der Waals surface area (Å²) < 4.78 is 4.38. The van der Waals surface area contributed by atoms with Crippen molar-refractivity contribution >= 4 is 39.0 Å². The van der Waals surface area contributed by atoms with E-state index in [0.717, 1.165) is 17.1 Å². The quantitative estimate of drug-likeness (QED) is 0.835. The molecule has 0 aliphatic rings. The van der Waals surface area contributed by atoms with Gasteiger partial charge in [0.15, 0.2) is 0 Å². The van der Waals surface area contributed by atoms with Crippen LogP contribution in [-0.4, -0.2) is 16.3 Å². The first-order valence-electron chi connectivity index (χ1n) is 5.41. The second kappa shape index (κ2) is 5.02. The van der Waals surface area contributed by atoms with Crippen LogP contribution in [0.2, 0.25) is 0 Å². The van der Waals surface area contributed by atoms with Gasteiger partial charge in [0.1, 0.15) is 5.00 Å². The molecule has 86 valence electrons. The van der Waals surface area contributed by atoms with Crippen LogP contribution in [0, 0.1) is 5.92 Å². The largest absolute Gasteiger partial charge is 0.374 e. The molecule has 1 atom stereocenters. The van der Waals surface area contributed by atoms with E-state index in [2.05, 4.69) is 29.6 Å². The van der Waals surface area contributed by atoms with Gasteiger partial charge in [-0.3, -0.25) is 0 Å². The Balaban J connectivity index is 2.10. The van der Waals surface area contributed by atoms with Crippen molar-refractivity contribution in [1.29, 1.82) is 0 Å². The van der Waals surface area contributed by atoms with Crippen molar-refractivity contribution in [3.8, 4) is 0 Å². The lowest BCUT2D eigenvalue weighted by Gasteiger charge is -2.13. The summed E-state index contributed by atoms with van der Waals surface area (Å²) in [5.74, 6) is 0.480. The number of alkyl halides is 1. The first-order chi connectivity index (χ1) is 7.68. The molecular weight excluding hydrogens is 240 g/mol. The molecule has 1 aromatic heterocycles. The van der Waals surface area contributed by atoms with E-state index in [9.17, 15) is 0 Å². The maximum atomic E-state index is 6.21. The zero-order chi connectivity index (χ0) is 11.5. The number of hydrogen-bond donors (Lipinski definition) is 1. The normalized spacial score (nSPS) is 13.2. The number of benzene rings is 1. The predicted molar refractivity (Wildman–Crippen MR) is 72.6 cm³/mol. The van der Waals surface area contributed by atoms with Crippen molar-refractivity contribution in [2.45, 2.75) is 19.2 Å². The minimum absolute atomic E-state index is 0.154. The molecule has 1 aromatic carbocycles. The Kier molecular flexibility index (Phi) is 3.66. The summed E-state index contributed by atoms with van der Waals surface area (Å²) in [6.45, 7) is 5.04. The predicted octanol–water partition coefficient (Wildman–Crippen LogP) is 3.97. The van der Waals surface area contributed by atoms with Gasteiger partial charge < -0.3 is 5.32 Å². The van der Waals surface area contributed by atoms with Gasteiger partial charge in [-0.1, -0.05) is 26.0 Å². The monoisotopic (exact) mass is 254 g/mol. The van der Waals surface area contributed by atoms with Crippen molar-refractivity contribution in [2.75, 3.05) is 11.9 Å². The molecule has 0 bridgehead atoms. The van der Waals surface area contributed by atoms with Crippen LogP contribution in [0.1, 0.15) is 13.8 Å². The third-order valence-electron chi connectivity index (χ3n) is 2.56. The zero-order valence-electron chi connectivity index (χ0n) is 9.40. The molecule has 1 heterocycles. The summed E-state index contributed by atoms with van der Waals surface area (Å²) in [6.07, 6.45) is 0. The number of anilines is 1. The highest BCUT2D eigenvalue weighted by Crippen LogP contribution is 2.27. The van der Waals surface area contributed by atoms with Crippen LogP contribution in [0.15, 0.2) is 24.3 Å². The van der Waals surface area contributed by atoms with Gasteiger partial charge in [0.2, 0.25) is 0 Å². The smallest absolute Gasteiger partial charge is 0.117 e. The molecule has 2 rings (SSSR count). The van der Waals surface area contributed by atoms with E-state index in [1.54, 1.807) is 0 Å². The van der Waals surface area contributed by atoms with Gasteiger partial charge in [-0.2, -0.15) is 4.37 Å². The van der Waals surface area contributed by atoms with Crippen molar-refractivity contribution in [3.63, 3.8) is 0 Å². The first kappa shape index (κ1) is 11.7. The fourth-order valence-corrected chi connectivity index (χ4v) is 2.29. The Bertz CT molecular complexity index is 467. The highest BCUT2D eigenvalue weighted by molar-refractivity contribution is 7.11. The lowest BCUT2D eigenvalue weighted by molar-refractivity contribution is 0.617. The second-order valence-electron chi connectivity index (χ2n) is 4.17. The number of nitrogens with one attached hydrogen (secondary N) is 1. The van der Waals surface area contributed by atoms with Crippen molar-refractivity contribution < 1.29 is 0 Å². The second-order valence-corrected chi connectivity index (χ2v) is 5.50. The van der Waals surface area contributed by atoms with E-state index < -0.39 is 0 Å². The lowest BCUT2D eigenvalue weighted by Crippen LogP contribution is -2.19. The number of rotatable bonds is 4. The molecule has 1 N–H and O–H groups in total. The summed E-state index contributed by atoms with van der Waals surface area (Å²) in [5, 5.41) is 5.82. The Labute approximate surface area is 105 Å². The van der Waals surface area contributed by atoms with Crippen LogP contribution in [-0.2, 0) is 0 Å². The molecule has 0 spiro atoms.